The molecule has 1 aliphatic rings. The normalized spacial score (nSPS) is 19.1. The Morgan fingerprint density at radius 1 is 1.32 bits per heavy atom. The molecule has 0 bridgehead atoms. The van der Waals surface area contributed by atoms with Crippen molar-refractivity contribution in [1.82, 2.24) is 9.88 Å². The van der Waals surface area contributed by atoms with Crippen LogP contribution in [0.3, 0.4) is 0 Å². The van der Waals surface area contributed by atoms with Crippen molar-refractivity contribution in [3.8, 4) is 6.07 Å². The number of benzene rings is 1. The molecule has 25 heavy (non-hydrogen) atoms. The second-order valence-corrected chi connectivity index (χ2v) is 6.30. The summed E-state index contributed by atoms with van der Waals surface area (Å²) in [6, 6.07) is 16.4. The summed E-state index contributed by atoms with van der Waals surface area (Å²) in [7, 11) is 0. The van der Waals surface area contributed by atoms with Gasteiger partial charge in [-0.05, 0) is 24.1 Å². The number of aromatic nitrogens is 1. The average Bonchev–Trinajstić information content (AvgIpc) is 2.67. The highest BCUT2D eigenvalue weighted by Crippen LogP contribution is 2.19. The number of hydrogen-bond donors (Lipinski definition) is 1. The number of morpholine rings is 1. The second-order valence-electron chi connectivity index (χ2n) is 6.30. The zero-order valence-corrected chi connectivity index (χ0v) is 14.6. The van der Waals surface area contributed by atoms with Crippen molar-refractivity contribution < 1.29 is 4.74 Å². The summed E-state index contributed by atoms with van der Waals surface area (Å²) in [4.78, 5) is 6.74. The van der Waals surface area contributed by atoms with E-state index < -0.39 is 0 Å². The average molecular weight is 336 g/mol. The van der Waals surface area contributed by atoms with Crippen molar-refractivity contribution in [1.29, 1.82) is 5.26 Å². The maximum Gasteiger partial charge on any atom is 0.144 e. The zero-order valence-electron chi connectivity index (χ0n) is 14.6. The van der Waals surface area contributed by atoms with E-state index in [9.17, 15) is 5.26 Å². The molecule has 2 unspecified atom stereocenters. The van der Waals surface area contributed by atoms with Gasteiger partial charge in [-0.3, -0.25) is 4.90 Å². The van der Waals surface area contributed by atoms with Crippen LogP contribution < -0.4 is 5.32 Å². The molecule has 0 spiro atoms. The number of nitriles is 1. The molecule has 2 atom stereocenters. The molecule has 1 N–H and O–H groups in total. The molecule has 2 heterocycles. The van der Waals surface area contributed by atoms with Crippen molar-refractivity contribution in [2.45, 2.75) is 32.0 Å². The maximum atomic E-state index is 9.25. The first-order valence-electron chi connectivity index (χ1n) is 8.79. The summed E-state index contributed by atoms with van der Waals surface area (Å²) >= 11 is 0. The minimum absolute atomic E-state index is 0.0796. The number of rotatable bonds is 6. The number of pyridine rings is 1. The Morgan fingerprint density at radius 3 is 2.92 bits per heavy atom. The summed E-state index contributed by atoms with van der Waals surface area (Å²) in [6.07, 6.45) is 2.70. The minimum atomic E-state index is 0.0796. The highest BCUT2D eigenvalue weighted by atomic mass is 16.5. The Hall–Kier alpha value is -2.42. The van der Waals surface area contributed by atoms with Crippen molar-refractivity contribution in [3.05, 3.63) is 59.8 Å². The topological polar surface area (TPSA) is 61.2 Å². The van der Waals surface area contributed by atoms with E-state index in [0.717, 1.165) is 32.7 Å². The molecule has 5 nitrogen and oxygen atoms in total. The number of nitrogens with one attached hydrogen (secondary N) is 1. The lowest BCUT2D eigenvalue weighted by molar-refractivity contribution is -0.0403. The van der Waals surface area contributed by atoms with Gasteiger partial charge in [0.2, 0.25) is 0 Å². The highest BCUT2D eigenvalue weighted by molar-refractivity contribution is 5.51. The van der Waals surface area contributed by atoms with Gasteiger partial charge in [0.15, 0.2) is 0 Å². The van der Waals surface area contributed by atoms with Gasteiger partial charge in [0.25, 0.3) is 0 Å². The predicted molar refractivity (Wildman–Crippen MR) is 98.1 cm³/mol. The van der Waals surface area contributed by atoms with E-state index in [-0.39, 0.29) is 12.1 Å². The third kappa shape index (κ3) is 4.56. The molecule has 1 fully saturated rings. The summed E-state index contributed by atoms with van der Waals surface area (Å²) < 4.78 is 6.03. The summed E-state index contributed by atoms with van der Waals surface area (Å²) in [5.41, 5.74) is 1.89. The fraction of sp³-hybridized carbons (Fsp3) is 0.400. The quantitative estimate of drug-likeness (QED) is 0.878. The third-order valence-electron chi connectivity index (χ3n) is 4.57. The van der Waals surface area contributed by atoms with Gasteiger partial charge in [-0.15, -0.1) is 0 Å². The Bertz CT molecular complexity index is 713. The van der Waals surface area contributed by atoms with Crippen LogP contribution in [0.4, 0.5) is 5.82 Å². The molecule has 1 aliphatic heterocycles. The van der Waals surface area contributed by atoms with Crippen LogP contribution in [0, 0.1) is 11.3 Å². The Balaban J connectivity index is 1.65. The molecule has 130 valence electrons. The van der Waals surface area contributed by atoms with E-state index in [4.69, 9.17) is 4.74 Å². The van der Waals surface area contributed by atoms with Gasteiger partial charge < -0.3 is 10.1 Å². The van der Waals surface area contributed by atoms with Crippen LogP contribution in [-0.4, -0.2) is 41.7 Å². The molecule has 5 heteroatoms. The summed E-state index contributed by atoms with van der Waals surface area (Å²) in [5, 5.41) is 12.7. The van der Waals surface area contributed by atoms with Crippen LogP contribution in [-0.2, 0) is 11.3 Å². The number of ether oxygens (including phenoxy) is 1. The first-order valence-corrected chi connectivity index (χ1v) is 8.79. The molecule has 2 aromatic rings. The second kappa shape index (κ2) is 8.61. The molecule has 0 saturated carbocycles. The smallest absolute Gasteiger partial charge is 0.144 e. The van der Waals surface area contributed by atoms with Crippen LogP contribution in [0.15, 0.2) is 48.7 Å². The van der Waals surface area contributed by atoms with E-state index in [2.05, 4.69) is 52.5 Å². The van der Waals surface area contributed by atoms with Crippen molar-refractivity contribution in [3.63, 3.8) is 0 Å². The fourth-order valence-corrected chi connectivity index (χ4v) is 3.20. The first kappa shape index (κ1) is 17.4. The van der Waals surface area contributed by atoms with E-state index in [0.29, 0.717) is 11.4 Å². The van der Waals surface area contributed by atoms with Gasteiger partial charge in [-0.2, -0.15) is 5.26 Å². The number of nitrogens with zero attached hydrogens (tertiary/aromatic N) is 3. The largest absolute Gasteiger partial charge is 0.373 e. The number of anilines is 1. The SMILES string of the molecule is CCC(Nc1ncccc1C#N)C1CN(Cc2ccccc2)CCO1. The van der Waals surface area contributed by atoms with Crippen molar-refractivity contribution in [2.24, 2.45) is 0 Å². The third-order valence-corrected chi connectivity index (χ3v) is 4.57. The Labute approximate surface area is 149 Å². The lowest BCUT2D eigenvalue weighted by atomic mass is 10.1. The molecular weight excluding hydrogens is 312 g/mol. The van der Waals surface area contributed by atoms with E-state index in [1.165, 1.54) is 5.56 Å². The highest BCUT2D eigenvalue weighted by Gasteiger charge is 2.27. The van der Waals surface area contributed by atoms with Gasteiger partial charge in [0.05, 0.1) is 24.3 Å². The maximum absolute atomic E-state index is 9.25. The van der Waals surface area contributed by atoms with Crippen molar-refractivity contribution >= 4 is 5.82 Å². The molecule has 1 aromatic heterocycles. The van der Waals surface area contributed by atoms with Gasteiger partial charge in [0, 0.05) is 25.8 Å². The molecule has 1 aromatic carbocycles. The van der Waals surface area contributed by atoms with Gasteiger partial charge >= 0.3 is 0 Å². The predicted octanol–water partition coefficient (Wildman–Crippen LogP) is 3.04. The monoisotopic (exact) mass is 336 g/mol. The molecule has 1 saturated heterocycles. The van der Waals surface area contributed by atoms with Crippen LogP contribution in [0.5, 0.6) is 0 Å². The minimum Gasteiger partial charge on any atom is -0.373 e. The van der Waals surface area contributed by atoms with E-state index in [1.54, 1.807) is 18.3 Å². The molecule has 0 radical (unpaired) electrons. The molecule has 0 amide bonds. The fourth-order valence-electron chi connectivity index (χ4n) is 3.20. The Kier molecular flexibility index (Phi) is 5.99. The van der Waals surface area contributed by atoms with E-state index >= 15 is 0 Å². The summed E-state index contributed by atoms with van der Waals surface area (Å²) in [6.45, 7) is 5.60. The van der Waals surface area contributed by atoms with Crippen LogP contribution in [0.2, 0.25) is 0 Å². The standard InChI is InChI=1S/C20H24N4O/c1-2-18(23-20-17(13-21)9-6-10-22-20)19-15-24(11-12-25-19)14-16-7-4-3-5-8-16/h3-10,18-19H,2,11-12,14-15H2,1H3,(H,22,23). The molecule has 0 aliphatic carbocycles. The zero-order chi connectivity index (χ0) is 17.5. The molecule has 3 rings (SSSR count). The van der Waals surface area contributed by atoms with Gasteiger partial charge in [-0.1, -0.05) is 37.3 Å². The summed E-state index contributed by atoms with van der Waals surface area (Å²) in [5.74, 6) is 0.639. The van der Waals surface area contributed by atoms with E-state index in [1.807, 2.05) is 6.07 Å². The van der Waals surface area contributed by atoms with Crippen LogP contribution in [0.25, 0.3) is 0 Å². The Morgan fingerprint density at radius 2 is 2.16 bits per heavy atom. The lowest BCUT2D eigenvalue weighted by Gasteiger charge is -2.37. The molecular formula is C20H24N4O. The van der Waals surface area contributed by atoms with Gasteiger partial charge in [-0.25, -0.2) is 4.98 Å². The lowest BCUT2D eigenvalue weighted by Crippen LogP contribution is -2.49. The van der Waals surface area contributed by atoms with Crippen LogP contribution in [0.1, 0.15) is 24.5 Å². The van der Waals surface area contributed by atoms with Crippen LogP contribution >= 0.6 is 0 Å². The van der Waals surface area contributed by atoms with Crippen molar-refractivity contribution in [2.75, 3.05) is 25.0 Å². The van der Waals surface area contributed by atoms with Gasteiger partial charge in [0.1, 0.15) is 11.9 Å². The number of hydrogen-bond acceptors (Lipinski definition) is 5. The first-order chi connectivity index (χ1) is 12.3.